The Morgan fingerprint density at radius 1 is 1.53 bits per heavy atom. The number of nitrogens with one attached hydrogen (secondary N) is 1. The number of halogens is 3. The SMILES string of the molecule is FC(F)(F)n1cc(C2CNCCO2)cn1. The average molecular weight is 221 g/mol. The van der Waals surface area contributed by atoms with Crippen molar-refractivity contribution in [3.8, 4) is 0 Å². The van der Waals surface area contributed by atoms with Gasteiger partial charge in [-0.15, -0.1) is 13.2 Å². The second-order valence-electron chi connectivity index (χ2n) is 3.25. The molecule has 2 heterocycles. The summed E-state index contributed by atoms with van der Waals surface area (Å²) >= 11 is 0. The average Bonchev–Trinajstić information content (AvgIpc) is 2.67. The van der Waals surface area contributed by atoms with Crippen LogP contribution >= 0.6 is 0 Å². The lowest BCUT2D eigenvalue weighted by Gasteiger charge is -2.22. The van der Waals surface area contributed by atoms with Crippen LogP contribution in [-0.2, 0) is 11.0 Å². The first-order valence-corrected chi connectivity index (χ1v) is 4.51. The molecule has 2 rings (SSSR count). The van der Waals surface area contributed by atoms with Gasteiger partial charge in [0.25, 0.3) is 0 Å². The van der Waals surface area contributed by atoms with Crippen LogP contribution in [0, 0.1) is 0 Å². The monoisotopic (exact) mass is 221 g/mol. The van der Waals surface area contributed by atoms with Crippen molar-refractivity contribution in [2.75, 3.05) is 19.7 Å². The highest BCUT2D eigenvalue weighted by Crippen LogP contribution is 2.24. The van der Waals surface area contributed by atoms with Crippen LogP contribution in [-0.4, -0.2) is 29.5 Å². The van der Waals surface area contributed by atoms with Crippen molar-refractivity contribution in [3.63, 3.8) is 0 Å². The molecule has 1 atom stereocenters. The summed E-state index contributed by atoms with van der Waals surface area (Å²) in [6.45, 7) is 1.75. The minimum atomic E-state index is -4.46. The molecule has 1 fully saturated rings. The van der Waals surface area contributed by atoms with Crippen LogP contribution in [0.25, 0.3) is 0 Å². The Hall–Kier alpha value is -1.08. The molecule has 1 aliphatic heterocycles. The highest BCUT2D eigenvalue weighted by molar-refractivity contribution is 5.09. The van der Waals surface area contributed by atoms with Gasteiger partial charge in [0.15, 0.2) is 0 Å². The van der Waals surface area contributed by atoms with E-state index in [1.807, 2.05) is 0 Å². The second-order valence-corrected chi connectivity index (χ2v) is 3.25. The van der Waals surface area contributed by atoms with Crippen molar-refractivity contribution in [2.45, 2.75) is 12.4 Å². The number of hydrogen-bond donors (Lipinski definition) is 1. The molecule has 84 valence electrons. The number of hydrogen-bond acceptors (Lipinski definition) is 3. The number of nitrogens with zero attached hydrogens (tertiary/aromatic N) is 2. The van der Waals surface area contributed by atoms with Crippen molar-refractivity contribution in [2.24, 2.45) is 0 Å². The summed E-state index contributed by atoms with van der Waals surface area (Å²) in [6, 6.07) is 0. The Kier molecular flexibility index (Phi) is 2.66. The van der Waals surface area contributed by atoms with Gasteiger partial charge in [-0.05, 0) is 0 Å². The van der Waals surface area contributed by atoms with Gasteiger partial charge in [0.2, 0.25) is 0 Å². The van der Waals surface area contributed by atoms with Crippen LogP contribution < -0.4 is 5.32 Å². The van der Waals surface area contributed by atoms with E-state index in [2.05, 4.69) is 10.4 Å². The highest BCUT2D eigenvalue weighted by Gasteiger charge is 2.32. The molecule has 0 bridgehead atoms. The molecule has 4 nitrogen and oxygen atoms in total. The molecule has 0 aliphatic carbocycles. The van der Waals surface area contributed by atoms with Crippen LogP contribution in [0.15, 0.2) is 12.4 Å². The summed E-state index contributed by atoms with van der Waals surface area (Å²) in [7, 11) is 0. The van der Waals surface area contributed by atoms with Crippen LogP contribution in [0.1, 0.15) is 11.7 Å². The zero-order valence-corrected chi connectivity index (χ0v) is 7.79. The first kappa shape index (κ1) is 10.4. The van der Waals surface area contributed by atoms with Crippen molar-refractivity contribution in [3.05, 3.63) is 18.0 Å². The van der Waals surface area contributed by atoms with Gasteiger partial charge in [0.05, 0.1) is 18.9 Å². The molecule has 1 aromatic heterocycles. The summed E-state index contributed by atoms with van der Waals surface area (Å²) in [4.78, 5) is 0. The van der Waals surface area contributed by atoms with Gasteiger partial charge in [-0.3, -0.25) is 0 Å². The fourth-order valence-corrected chi connectivity index (χ4v) is 1.42. The van der Waals surface area contributed by atoms with Gasteiger partial charge < -0.3 is 10.1 Å². The zero-order chi connectivity index (χ0) is 10.9. The topological polar surface area (TPSA) is 39.1 Å². The molecule has 15 heavy (non-hydrogen) atoms. The fraction of sp³-hybridized carbons (Fsp3) is 0.625. The van der Waals surface area contributed by atoms with Crippen LogP contribution in [0.3, 0.4) is 0 Å². The largest absolute Gasteiger partial charge is 0.504 e. The minimum Gasteiger partial charge on any atom is -0.371 e. The second kappa shape index (κ2) is 3.82. The van der Waals surface area contributed by atoms with Crippen molar-refractivity contribution in [1.29, 1.82) is 0 Å². The first-order chi connectivity index (χ1) is 7.07. The molecule has 1 aliphatic rings. The molecule has 1 aromatic rings. The fourth-order valence-electron chi connectivity index (χ4n) is 1.42. The van der Waals surface area contributed by atoms with E-state index < -0.39 is 6.30 Å². The van der Waals surface area contributed by atoms with Gasteiger partial charge in [0, 0.05) is 24.8 Å². The maximum Gasteiger partial charge on any atom is 0.504 e. The van der Waals surface area contributed by atoms with E-state index in [4.69, 9.17) is 4.74 Å². The van der Waals surface area contributed by atoms with Crippen LogP contribution in [0.2, 0.25) is 0 Å². The zero-order valence-electron chi connectivity index (χ0n) is 7.79. The van der Waals surface area contributed by atoms with Gasteiger partial charge >= 0.3 is 6.30 Å². The Labute approximate surface area is 84.0 Å². The molecule has 0 aromatic carbocycles. The predicted molar refractivity (Wildman–Crippen MR) is 45.1 cm³/mol. The molecule has 0 radical (unpaired) electrons. The summed E-state index contributed by atoms with van der Waals surface area (Å²) in [5.74, 6) is 0. The molecule has 0 saturated carbocycles. The third-order valence-electron chi connectivity index (χ3n) is 2.16. The molecule has 0 spiro atoms. The molecule has 1 N–H and O–H groups in total. The Balaban J connectivity index is 2.12. The quantitative estimate of drug-likeness (QED) is 0.769. The number of alkyl halides is 3. The molecule has 1 unspecified atom stereocenters. The van der Waals surface area contributed by atoms with Gasteiger partial charge in [-0.2, -0.15) is 9.78 Å². The number of ether oxygens (including phenoxy) is 1. The van der Waals surface area contributed by atoms with E-state index in [0.29, 0.717) is 18.7 Å². The number of rotatable bonds is 1. The van der Waals surface area contributed by atoms with Gasteiger partial charge in [-0.25, -0.2) is 0 Å². The normalized spacial score (nSPS) is 23.0. The highest BCUT2D eigenvalue weighted by atomic mass is 19.4. The van der Waals surface area contributed by atoms with E-state index in [-0.39, 0.29) is 10.8 Å². The van der Waals surface area contributed by atoms with E-state index in [1.54, 1.807) is 0 Å². The maximum absolute atomic E-state index is 12.2. The Morgan fingerprint density at radius 3 is 2.87 bits per heavy atom. The lowest BCUT2D eigenvalue weighted by molar-refractivity contribution is -0.212. The summed E-state index contributed by atoms with van der Waals surface area (Å²) < 4.78 is 41.9. The lowest BCUT2D eigenvalue weighted by atomic mass is 10.2. The Morgan fingerprint density at radius 2 is 2.33 bits per heavy atom. The third kappa shape index (κ3) is 2.29. The summed E-state index contributed by atoms with van der Waals surface area (Å²) in [5, 5.41) is 6.28. The minimum absolute atomic E-state index is 0.0136. The standard InChI is InChI=1S/C8H10F3N3O/c9-8(10,11)14-5-6(3-13-14)7-4-12-1-2-15-7/h3,5,7,12H,1-2,4H2. The van der Waals surface area contributed by atoms with Crippen molar-refractivity contribution in [1.82, 2.24) is 15.1 Å². The predicted octanol–water partition coefficient (Wildman–Crippen LogP) is 1.02. The number of aromatic nitrogens is 2. The Bertz CT molecular complexity index is 330. The van der Waals surface area contributed by atoms with Crippen molar-refractivity contribution < 1.29 is 17.9 Å². The van der Waals surface area contributed by atoms with Gasteiger partial charge in [0.1, 0.15) is 0 Å². The van der Waals surface area contributed by atoms with Gasteiger partial charge in [-0.1, -0.05) is 0 Å². The molecule has 1 saturated heterocycles. The van der Waals surface area contributed by atoms with Crippen LogP contribution in [0.4, 0.5) is 13.2 Å². The lowest BCUT2D eigenvalue weighted by Crippen LogP contribution is -2.33. The maximum atomic E-state index is 12.2. The van der Waals surface area contributed by atoms with E-state index in [9.17, 15) is 13.2 Å². The summed E-state index contributed by atoms with van der Waals surface area (Å²) in [6.07, 6.45) is -2.65. The van der Waals surface area contributed by atoms with E-state index in [0.717, 1.165) is 12.7 Å². The van der Waals surface area contributed by atoms with E-state index >= 15 is 0 Å². The number of morpholine rings is 1. The first-order valence-electron chi connectivity index (χ1n) is 4.51. The molecular weight excluding hydrogens is 211 g/mol. The molecular formula is C8H10F3N3O. The summed E-state index contributed by atoms with van der Waals surface area (Å²) in [5.41, 5.74) is 0.444. The van der Waals surface area contributed by atoms with E-state index in [1.165, 1.54) is 6.20 Å². The smallest absolute Gasteiger partial charge is 0.371 e. The third-order valence-corrected chi connectivity index (χ3v) is 2.16. The van der Waals surface area contributed by atoms with Crippen LogP contribution in [0.5, 0.6) is 0 Å². The molecule has 7 heteroatoms. The van der Waals surface area contributed by atoms with Crippen molar-refractivity contribution >= 4 is 0 Å². The molecule has 0 amide bonds.